The molecule has 37 heavy (non-hydrogen) atoms. The van der Waals surface area contributed by atoms with Gasteiger partial charge in [-0.15, -0.1) is 0 Å². The number of amides is 2. The minimum atomic E-state index is -4.00. The van der Waals surface area contributed by atoms with Crippen LogP contribution in [0, 0.1) is 12.7 Å². The summed E-state index contributed by atoms with van der Waals surface area (Å²) in [5.74, 6) is -0.458. The van der Waals surface area contributed by atoms with Gasteiger partial charge in [-0.1, -0.05) is 18.2 Å². The number of piperazine rings is 1. The number of benzene rings is 1. The number of nitrogens with zero attached hydrogens (tertiary/aromatic N) is 5. The van der Waals surface area contributed by atoms with Crippen molar-refractivity contribution in [2.24, 2.45) is 0 Å². The van der Waals surface area contributed by atoms with Gasteiger partial charge < -0.3 is 15.5 Å². The van der Waals surface area contributed by atoms with Crippen LogP contribution in [0.5, 0.6) is 0 Å². The quantitative estimate of drug-likeness (QED) is 0.495. The van der Waals surface area contributed by atoms with E-state index in [-0.39, 0.29) is 48.6 Å². The van der Waals surface area contributed by atoms with Crippen LogP contribution in [-0.4, -0.2) is 71.8 Å². The number of anilines is 1. The van der Waals surface area contributed by atoms with E-state index in [1.54, 1.807) is 13.8 Å². The third-order valence-corrected chi connectivity index (χ3v) is 7.92. The molecule has 1 saturated heterocycles. The van der Waals surface area contributed by atoms with Crippen molar-refractivity contribution in [2.75, 3.05) is 38.5 Å². The maximum atomic E-state index is 14.7. The fourth-order valence-corrected chi connectivity index (χ4v) is 5.52. The molecular formula is C23H26F3N7O3S. The molecule has 2 aromatic heterocycles. The predicted octanol–water partition coefficient (Wildman–Crippen LogP) is 3.23. The van der Waals surface area contributed by atoms with Crippen molar-refractivity contribution in [3.8, 4) is 0 Å². The van der Waals surface area contributed by atoms with E-state index in [1.807, 2.05) is 0 Å². The van der Waals surface area contributed by atoms with E-state index >= 15 is 0 Å². The van der Waals surface area contributed by atoms with Crippen molar-refractivity contribution in [1.29, 1.82) is 0 Å². The number of fused-ring (bicyclic) bond motifs is 1. The lowest BCUT2D eigenvalue weighted by Crippen LogP contribution is -2.52. The number of aryl methyl sites for hydroxylation is 1. The largest absolute Gasteiger partial charge is 0.363 e. The number of urea groups is 1. The van der Waals surface area contributed by atoms with Gasteiger partial charge in [0.2, 0.25) is 0 Å². The predicted molar refractivity (Wildman–Crippen MR) is 130 cm³/mol. The monoisotopic (exact) mass is 537 g/mol. The van der Waals surface area contributed by atoms with Crippen LogP contribution in [0.2, 0.25) is 0 Å². The van der Waals surface area contributed by atoms with Gasteiger partial charge in [-0.3, -0.25) is 0 Å². The van der Waals surface area contributed by atoms with Gasteiger partial charge >= 0.3 is 6.03 Å². The molecule has 4 rings (SSSR count). The van der Waals surface area contributed by atoms with Gasteiger partial charge in [-0.05, 0) is 19.9 Å². The molecule has 1 aliphatic heterocycles. The number of hydrogen-bond acceptors (Lipinski definition) is 7. The van der Waals surface area contributed by atoms with E-state index in [4.69, 9.17) is 0 Å². The lowest BCUT2D eigenvalue weighted by molar-refractivity contribution is 0.146. The number of nitrogens with one attached hydrogen (secondary N) is 2. The fourth-order valence-electron chi connectivity index (χ4n) is 4.16. The molecule has 2 N–H and O–H groups in total. The molecule has 0 saturated carbocycles. The Morgan fingerprint density at radius 1 is 1.11 bits per heavy atom. The molecule has 0 spiro atoms. The highest BCUT2D eigenvalue weighted by Gasteiger charge is 2.31. The first-order valence-corrected chi connectivity index (χ1v) is 12.9. The van der Waals surface area contributed by atoms with Crippen LogP contribution in [0.15, 0.2) is 35.5 Å². The van der Waals surface area contributed by atoms with E-state index in [2.05, 4.69) is 25.6 Å². The summed E-state index contributed by atoms with van der Waals surface area (Å²) in [7, 11) is -2.50. The molecule has 0 unspecified atom stereocenters. The first kappa shape index (κ1) is 26.5. The second kappa shape index (κ2) is 10.5. The van der Waals surface area contributed by atoms with Gasteiger partial charge in [0.15, 0.2) is 5.03 Å². The second-order valence-corrected chi connectivity index (χ2v) is 10.4. The van der Waals surface area contributed by atoms with Gasteiger partial charge in [0.05, 0.1) is 23.3 Å². The molecule has 1 aromatic carbocycles. The number of sulfonamides is 1. The van der Waals surface area contributed by atoms with Crippen molar-refractivity contribution in [3.05, 3.63) is 53.2 Å². The Kier molecular flexibility index (Phi) is 7.50. The molecule has 1 aliphatic rings. The summed E-state index contributed by atoms with van der Waals surface area (Å²) in [4.78, 5) is 26.1. The number of carbonyl (C=O) groups excluding carboxylic acids is 1. The van der Waals surface area contributed by atoms with Crippen LogP contribution < -0.4 is 10.6 Å². The summed E-state index contributed by atoms with van der Waals surface area (Å²) < 4.78 is 68.9. The number of rotatable bonds is 6. The molecule has 10 nitrogen and oxygen atoms in total. The molecule has 0 aliphatic carbocycles. The summed E-state index contributed by atoms with van der Waals surface area (Å²) in [5.41, 5.74) is -0.338. The Morgan fingerprint density at radius 2 is 1.78 bits per heavy atom. The zero-order chi connectivity index (χ0) is 26.9. The second-order valence-electron chi connectivity index (χ2n) is 8.52. The standard InChI is InChI=1S/C23H26F3N7O3S/c1-13(15-5-4-6-16(20(15)24)21(25)26)29-22-17-11-19(28-12-18(17)30-14(2)31-22)37(35,36)33-9-7-32(8-10-33)23(34)27-3/h4-6,11-13,21H,7-10H2,1-3H3,(H,27,34)(H,29,30,31)/t13-/m1/s1. The molecule has 1 atom stereocenters. The number of halogens is 3. The third kappa shape index (κ3) is 5.30. The van der Waals surface area contributed by atoms with E-state index in [0.29, 0.717) is 16.7 Å². The Morgan fingerprint density at radius 3 is 2.43 bits per heavy atom. The average molecular weight is 538 g/mol. The summed E-state index contributed by atoms with van der Waals surface area (Å²) >= 11 is 0. The number of aromatic nitrogens is 3. The molecular weight excluding hydrogens is 511 g/mol. The molecule has 0 bridgehead atoms. The van der Waals surface area contributed by atoms with Crippen LogP contribution in [-0.2, 0) is 10.0 Å². The smallest absolute Gasteiger partial charge is 0.317 e. The number of alkyl halides is 2. The van der Waals surface area contributed by atoms with E-state index in [9.17, 15) is 26.4 Å². The minimum Gasteiger partial charge on any atom is -0.363 e. The maximum Gasteiger partial charge on any atom is 0.317 e. The highest BCUT2D eigenvalue weighted by atomic mass is 32.2. The summed E-state index contributed by atoms with van der Waals surface area (Å²) in [6.07, 6.45) is -1.66. The van der Waals surface area contributed by atoms with Crippen LogP contribution in [0.1, 0.15) is 36.3 Å². The highest BCUT2D eigenvalue weighted by molar-refractivity contribution is 7.89. The zero-order valence-electron chi connectivity index (χ0n) is 20.4. The third-order valence-electron chi connectivity index (χ3n) is 6.13. The van der Waals surface area contributed by atoms with E-state index in [0.717, 1.165) is 6.07 Å². The molecule has 1 fully saturated rings. The van der Waals surface area contributed by atoms with Crippen LogP contribution in [0.3, 0.4) is 0 Å². The van der Waals surface area contributed by atoms with Crippen LogP contribution in [0.4, 0.5) is 23.8 Å². The highest BCUT2D eigenvalue weighted by Crippen LogP contribution is 2.31. The molecule has 3 aromatic rings. The van der Waals surface area contributed by atoms with Crippen LogP contribution in [0.25, 0.3) is 10.9 Å². The summed E-state index contributed by atoms with van der Waals surface area (Å²) in [6.45, 7) is 3.86. The lowest BCUT2D eigenvalue weighted by atomic mass is 10.0. The van der Waals surface area contributed by atoms with E-state index < -0.39 is 33.9 Å². The van der Waals surface area contributed by atoms with Crippen molar-refractivity contribution < 1.29 is 26.4 Å². The normalized spacial score (nSPS) is 15.7. The minimum absolute atomic E-state index is 0.0121. The van der Waals surface area contributed by atoms with Crippen LogP contribution >= 0.6 is 0 Å². The average Bonchev–Trinajstić information content (AvgIpc) is 2.87. The number of carbonyl (C=O) groups is 1. The lowest BCUT2D eigenvalue weighted by Gasteiger charge is -2.33. The Bertz CT molecular complexity index is 1430. The molecule has 14 heteroatoms. The van der Waals surface area contributed by atoms with Gasteiger partial charge in [0.1, 0.15) is 17.5 Å². The SMILES string of the molecule is CNC(=O)N1CCN(S(=O)(=O)c2cc3c(N[C@H](C)c4cccc(C(F)F)c4F)nc(C)nc3cn2)CC1. The maximum absolute atomic E-state index is 14.7. The van der Waals surface area contributed by atoms with Crippen molar-refractivity contribution in [3.63, 3.8) is 0 Å². The Labute approximate surface area is 212 Å². The molecule has 0 radical (unpaired) electrons. The first-order chi connectivity index (χ1) is 17.5. The zero-order valence-corrected chi connectivity index (χ0v) is 21.2. The number of pyridine rings is 1. The molecule has 3 heterocycles. The van der Waals surface area contributed by atoms with E-state index in [1.165, 1.54) is 40.6 Å². The van der Waals surface area contributed by atoms with Crippen molar-refractivity contribution >= 4 is 32.8 Å². The fraction of sp³-hybridized carbons (Fsp3) is 0.391. The van der Waals surface area contributed by atoms with Gasteiger partial charge in [0.25, 0.3) is 16.4 Å². The Hall–Kier alpha value is -3.52. The van der Waals surface area contributed by atoms with Gasteiger partial charge in [-0.25, -0.2) is 41.3 Å². The van der Waals surface area contributed by atoms with Gasteiger partial charge in [-0.2, -0.15) is 4.31 Å². The summed E-state index contributed by atoms with van der Waals surface area (Å²) in [5, 5.41) is 5.61. The molecule has 2 amide bonds. The Balaban J connectivity index is 1.66. The number of hydrogen-bond donors (Lipinski definition) is 2. The summed E-state index contributed by atoms with van der Waals surface area (Å²) in [6, 6.07) is 4.04. The van der Waals surface area contributed by atoms with Crippen molar-refractivity contribution in [2.45, 2.75) is 31.3 Å². The first-order valence-electron chi connectivity index (χ1n) is 11.5. The van der Waals surface area contributed by atoms with Gasteiger partial charge in [0, 0.05) is 44.2 Å². The topological polar surface area (TPSA) is 120 Å². The van der Waals surface area contributed by atoms with Crippen molar-refractivity contribution in [1.82, 2.24) is 29.5 Å². The molecule has 198 valence electrons.